The minimum atomic E-state index is -0.564. The topological polar surface area (TPSA) is 67.4 Å². The highest BCUT2D eigenvalue weighted by Gasteiger charge is 2.27. The van der Waals surface area contributed by atoms with E-state index in [1.807, 2.05) is 20.8 Å². The van der Waals surface area contributed by atoms with Gasteiger partial charge in [0.15, 0.2) is 0 Å². The fourth-order valence-electron chi connectivity index (χ4n) is 1.42. The third kappa shape index (κ3) is 6.47. The average Bonchev–Trinajstić information content (AvgIpc) is 2.22. The van der Waals surface area contributed by atoms with Crippen LogP contribution in [-0.2, 0) is 9.53 Å². The molecule has 0 bridgehead atoms. The Labute approximate surface area is 110 Å². The van der Waals surface area contributed by atoms with Gasteiger partial charge in [0.05, 0.1) is 0 Å². The van der Waals surface area contributed by atoms with Crippen LogP contribution in [0, 0.1) is 5.92 Å². The summed E-state index contributed by atoms with van der Waals surface area (Å²) in [6.07, 6.45) is 0.247. The van der Waals surface area contributed by atoms with Gasteiger partial charge in [-0.2, -0.15) is 0 Å². The van der Waals surface area contributed by atoms with Crippen molar-refractivity contribution in [1.29, 1.82) is 0 Å². The molecule has 0 spiro atoms. The summed E-state index contributed by atoms with van der Waals surface area (Å²) >= 11 is 0. The van der Waals surface area contributed by atoms with Crippen LogP contribution >= 0.6 is 0 Å². The van der Waals surface area contributed by atoms with Gasteiger partial charge in [0, 0.05) is 6.54 Å². The van der Waals surface area contributed by atoms with Gasteiger partial charge >= 0.3 is 6.09 Å². The molecule has 0 unspecified atom stereocenters. The summed E-state index contributed by atoms with van der Waals surface area (Å²) in [5.74, 6) is -0.109. The second kappa shape index (κ2) is 7.24. The van der Waals surface area contributed by atoms with Gasteiger partial charge in [0.1, 0.15) is 11.6 Å². The predicted molar refractivity (Wildman–Crippen MR) is 71.3 cm³/mol. The lowest BCUT2D eigenvalue weighted by Crippen LogP contribution is -2.51. The molecule has 0 aromatic heterocycles. The van der Waals surface area contributed by atoms with Crippen LogP contribution in [0.25, 0.3) is 0 Å². The van der Waals surface area contributed by atoms with Crippen molar-refractivity contribution in [2.45, 2.75) is 59.6 Å². The molecule has 18 heavy (non-hydrogen) atoms. The van der Waals surface area contributed by atoms with Crippen molar-refractivity contribution >= 4 is 12.0 Å². The second-order valence-corrected chi connectivity index (χ2v) is 5.40. The van der Waals surface area contributed by atoms with Crippen LogP contribution in [-0.4, -0.2) is 30.2 Å². The standard InChI is InChI=1S/C13H26N2O3/c1-7-9(3)10(11(16)14-8-2)15-12(17)18-13(4,5)6/h9-10H,7-8H2,1-6H3,(H,14,16)(H,15,17)/t9-,10-/m0/s1. The first-order chi connectivity index (χ1) is 8.21. The molecule has 2 amide bonds. The molecular weight excluding hydrogens is 232 g/mol. The molecule has 0 aromatic rings. The van der Waals surface area contributed by atoms with Gasteiger partial charge in [-0.25, -0.2) is 4.79 Å². The Morgan fingerprint density at radius 1 is 1.22 bits per heavy atom. The van der Waals surface area contributed by atoms with Gasteiger partial charge < -0.3 is 15.4 Å². The van der Waals surface area contributed by atoms with Crippen molar-refractivity contribution in [3.63, 3.8) is 0 Å². The van der Waals surface area contributed by atoms with Crippen molar-refractivity contribution in [2.24, 2.45) is 5.92 Å². The molecule has 5 nitrogen and oxygen atoms in total. The van der Waals surface area contributed by atoms with Crippen LogP contribution in [0.15, 0.2) is 0 Å². The molecular formula is C13H26N2O3. The first-order valence-corrected chi connectivity index (χ1v) is 6.48. The van der Waals surface area contributed by atoms with Crippen LogP contribution in [0.2, 0.25) is 0 Å². The van der Waals surface area contributed by atoms with E-state index in [0.29, 0.717) is 6.54 Å². The molecule has 0 aliphatic carbocycles. The van der Waals surface area contributed by atoms with Crippen molar-refractivity contribution in [3.05, 3.63) is 0 Å². The molecule has 5 heteroatoms. The average molecular weight is 258 g/mol. The second-order valence-electron chi connectivity index (χ2n) is 5.40. The van der Waals surface area contributed by atoms with Crippen molar-refractivity contribution < 1.29 is 14.3 Å². The highest BCUT2D eigenvalue weighted by Crippen LogP contribution is 2.11. The smallest absolute Gasteiger partial charge is 0.408 e. The van der Waals surface area contributed by atoms with Gasteiger partial charge in [-0.1, -0.05) is 20.3 Å². The van der Waals surface area contributed by atoms with Crippen LogP contribution in [0.1, 0.15) is 48.0 Å². The van der Waals surface area contributed by atoms with E-state index in [2.05, 4.69) is 10.6 Å². The molecule has 0 heterocycles. The molecule has 0 saturated carbocycles. The molecule has 0 aromatic carbocycles. The van der Waals surface area contributed by atoms with Gasteiger partial charge in [-0.15, -0.1) is 0 Å². The van der Waals surface area contributed by atoms with Gasteiger partial charge in [0.2, 0.25) is 5.91 Å². The van der Waals surface area contributed by atoms with Crippen molar-refractivity contribution in [2.75, 3.05) is 6.54 Å². The number of likely N-dealkylation sites (N-methyl/N-ethyl adjacent to an activating group) is 1. The number of amides is 2. The van der Waals surface area contributed by atoms with E-state index in [1.165, 1.54) is 0 Å². The fourth-order valence-corrected chi connectivity index (χ4v) is 1.42. The predicted octanol–water partition coefficient (Wildman–Crippen LogP) is 2.06. The molecule has 2 atom stereocenters. The summed E-state index contributed by atoms with van der Waals surface area (Å²) < 4.78 is 5.16. The number of alkyl carbamates (subject to hydrolysis) is 1. The first kappa shape index (κ1) is 16.7. The highest BCUT2D eigenvalue weighted by atomic mass is 16.6. The van der Waals surface area contributed by atoms with Gasteiger partial charge in [-0.05, 0) is 33.6 Å². The normalized spacial score (nSPS) is 14.6. The maximum Gasteiger partial charge on any atom is 0.408 e. The summed E-state index contributed by atoms with van der Waals surface area (Å²) in [6.45, 7) is 11.7. The molecule has 2 N–H and O–H groups in total. The number of carbonyl (C=O) groups excluding carboxylic acids is 2. The van der Waals surface area contributed by atoms with Crippen LogP contribution in [0.3, 0.4) is 0 Å². The molecule has 106 valence electrons. The number of rotatable bonds is 5. The quantitative estimate of drug-likeness (QED) is 0.793. The first-order valence-electron chi connectivity index (χ1n) is 6.48. The van der Waals surface area contributed by atoms with Gasteiger partial charge in [-0.3, -0.25) is 4.79 Å². The zero-order valence-electron chi connectivity index (χ0n) is 12.3. The Morgan fingerprint density at radius 2 is 1.78 bits per heavy atom. The summed E-state index contributed by atoms with van der Waals surface area (Å²) in [5.41, 5.74) is -0.564. The zero-order valence-corrected chi connectivity index (χ0v) is 12.3. The van der Waals surface area contributed by atoms with E-state index >= 15 is 0 Å². The lowest BCUT2D eigenvalue weighted by molar-refractivity contribution is -0.124. The number of ether oxygens (including phenoxy) is 1. The summed E-state index contributed by atoms with van der Waals surface area (Å²) in [6, 6.07) is -0.551. The third-order valence-electron chi connectivity index (χ3n) is 2.52. The third-order valence-corrected chi connectivity index (χ3v) is 2.52. The van der Waals surface area contributed by atoms with E-state index in [1.54, 1.807) is 20.8 Å². The van der Waals surface area contributed by atoms with E-state index in [4.69, 9.17) is 4.74 Å². The Hall–Kier alpha value is -1.26. The molecule has 0 saturated heterocycles. The Kier molecular flexibility index (Phi) is 6.73. The van der Waals surface area contributed by atoms with E-state index in [-0.39, 0.29) is 11.8 Å². The van der Waals surface area contributed by atoms with Crippen LogP contribution < -0.4 is 10.6 Å². The van der Waals surface area contributed by atoms with Crippen molar-refractivity contribution in [3.8, 4) is 0 Å². The lowest BCUT2D eigenvalue weighted by atomic mass is 9.98. The number of hydrogen-bond acceptors (Lipinski definition) is 3. The minimum absolute atomic E-state index is 0.0593. The summed E-state index contributed by atoms with van der Waals surface area (Å²) in [5, 5.41) is 5.36. The van der Waals surface area contributed by atoms with Crippen LogP contribution in [0.4, 0.5) is 4.79 Å². The SMILES string of the molecule is CCNC(=O)[C@@H](NC(=O)OC(C)(C)C)[C@@H](C)CC. The molecule has 0 rings (SSSR count). The number of nitrogens with one attached hydrogen (secondary N) is 2. The Balaban J connectivity index is 4.59. The van der Waals surface area contributed by atoms with Crippen molar-refractivity contribution in [1.82, 2.24) is 10.6 Å². The van der Waals surface area contributed by atoms with Crippen LogP contribution in [0.5, 0.6) is 0 Å². The van der Waals surface area contributed by atoms with E-state index in [9.17, 15) is 9.59 Å². The summed E-state index contributed by atoms with van der Waals surface area (Å²) in [4.78, 5) is 23.5. The largest absolute Gasteiger partial charge is 0.444 e. The minimum Gasteiger partial charge on any atom is -0.444 e. The number of hydrogen-bond donors (Lipinski definition) is 2. The molecule has 0 aliphatic heterocycles. The maximum absolute atomic E-state index is 11.9. The molecule has 0 aliphatic rings. The Morgan fingerprint density at radius 3 is 2.17 bits per heavy atom. The van der Waals surface area contributed by atoms with E-state index < -0.39 is 17.7 Å². The summed E-state index contributed by atoms with van der Waals surface area (Å²) in [7, 11) is 0. The molecule has 0 radical (unpaired) electrons. The van der Waals surface area contributed by atoms with Gasteiger partial charge in [0.25, 0.3) is 0 Å². The highest BCUT2D eigenvalue weighted by molar-refractivity contribution is 5.85. The lowest BCUT2D eigenvalue weighted by Gasteiger charge is -2.26. The zero-order chi connectivity index (χ0) is 14.3. The fraction of sp³-hybridized carbons (Fsp3) is 0.846. The molecule has 0 fully saturated rings. The van der Waals surface area contributed by atoms with E-state index in [0.717, 1.165) is 6.42 Å². The Bertz CT molecular complexity index is 284. The number of carbonyl (C=O) groups is 2. The maximum atomic E-state index is 11.9. The monoisotopic (exact) mass is 258 g/mol.